The van der Waals surface area contributed by atoms with Crippen LogP contribution in [-0.4, -0.2) is 70.5 Å². The first-order valence-electron chi connectivity index (χ1n) is 13.1. The predicted octanol–water partition coefficient (Wildman–Crippen LogP) is 3.80. The number of carbonyl (C=O) groups excluding carboxylic acids is 2. The second-order valence-corrected chi connectivity index (χ2v) is 11.8. The van der Waals surface area contributed by atoms with E-state index in [2.05, 4.69) is 40.4 Å². The summed E-state index contributed by atoms with van der Waals surface area (Å²) < 4.78 is 0. The summed E-state index contributed by atoms with van der Waals surface area (Å²) in [5.74, 6) is 0.186. The number of hydrogen-bond acceptors (Lipinski definition) is 6. The minimum atomic E-state index is -0.666. The van der Waals surface area contributed by atoms with Crippen molar-refractivity contribution in [2.75, 3.05) is 26.7 Å². The average Bonchev–Trinajstić information content (AvgIpc) is 3.47. The summed E-state index contributed by atoms with van der Waals surface area (Å²) in [6.07, 6.45) is 1.80. The van der Waals surface area contributed by atoms with Gasteiger partial charge in [0.2, 0.25) is 11.8 Å². The lowest BCUT2D eigenvalue weighted by Crippen LogP contribution is -2.48. The fraction of sp³-hybridized carbons (Fsp3) is 0.607. The molecule has 3 unspecified atom stereocenters. The quantitative estimate of drug-likeness (QED) is 0.590. The van der Waals surface area contributed by atoms with E-state index in [1.54, 1.807) is 16.2 Å². The maximum atomic E-state index is 13.3. The predicted molar refractivity (Wildman–Crippen MR) is 144 cm³/mol. The Labute approximate surface area is 218 Å². The van der Waals surface area contributed by atoms with Crippen molar-refractivity contribution in [1.29, 1.82) is 0 Å². The van der Waals surface area contributed by atoms with E-state index >= 15 is 0 Å². The van der Waals surface area contributed by atoms with Crippen LogP contribution in [0.4, 0.5) is 0 Å². The Morgan fingerprint density at radius 3 is 2.58 bits per heavy atom. The number of rotatable bonds is 7. The van der Waals surface area contributed by atoms with Crippen LogP contribution in [0.3, 0.4) is 0 Å². The first kappa shape index (κ1) is 26.8. The number of carbonyl (C=O) groups is 2. The number of nitrogens with one attached hydrogen (secondary N) is 1. The van der Waals surface area contributed by atoms with Gasteiger partial charge in [-0.2, -0.15) is 0 Å². The number of β-amino-alcohol motifs (C(OH)–C–C–N with tert-alkyl or cyclic N) is 1. The highest BCUT2D eigenvalue weighted by Gasteiger charge is 2.40. The van der Waals surface area contributed by atoms with Gasteiger partial charge in [0.25, 0.3) is 0 Å². The monoisotopic (exact) mass is 512 g/mol. The Balaban J connectivity index is 1.53. The molecule has 36 heavy (non-hydrogen) atoms. The zero-order valence-electron chi connectivity index (χ0n) is 22.2. The largest absolute Gasteiger partial charge is 0.391 e. The normalized spacial score (nSPS) is 22.2. The molecule has 0 aliphatic carbocycles. The van der Waals surface area contributed by atoms with Crippen LogP contribution < -0.4 is 5.32 Å². The van der Waals surface area contributed by atoms with Crippen molar-refractivity contribution in [2.45, 2.75) is 71.6 Å². The molecule has 1 aromatic heterocycles. The lowest BCUT2D eigenvalue weighted by atomic mass is 9.85. The lowest BCUT2D eigenvalue weighted by Gasteiger charge is -2.31. The molecular formula is C28H40N4O3S. The van der Waals surface area contributed by atoms with Gasteiger partial charge in [0, 0.05) is 25.4 Å². The van der Waals surface area contributed by atoms with Crippen LogP contribution in [0.5, 0.6) is 0 Å². The fourth-order valence-corrected chi connectivity index (χ4v) is 6.13. The summed E-state index contributed by atoms with van der Waals surface area (Å²) in [7, 11) is 2.16. The van der Waals surface area contributed by atoms with Crippen molar-refractivity contribution in [1.82, 2.24) is 20.1 Å². The van der Waals surface area contributed by atoms with Gasteiger partial charge in [0.05, 0.1) is 22.2 Å². The zero-order chi connectivity index (χ0) is 26.0. The Kier molecular flexibility index (Phi) is 8.48. The number of amides is 2. The van der Waals surface area contributed by atoms with Gasteiger partial charge >= 0.3 is 0 Å². The van der Waals surface area contributed by atoms with Gasteiger partial charge in [-0.25, -0.2) is 4.98 Å². The van der Waals surface area contributed by atoms with Crippen molar-refractivity contribution in [3.63, 3.8) is 0 Å². The molecule has 3 heterocycles. The number of likely N-dealkylation sites (tertiary alicyclic amines) is 2. The highest BCUT2D eigenvalue weighted by Crippen LogP contribution is 2.35. The molecule has 2 aromatic rings. The molecule has 0 radical (unpaired) electrons. The summed E-state index contributed by atoms with van der Waals surface area (Å²) >= 11 is 1.66. The Hall–Kier alpha value is -2.29. The number of aliphatic hydroxyl groups excluding tert-OH is 1. The Bertz CT molecular complexity index is 1080. The van der Waals surface area contributed by atoms with E-state index in [1.165, 1.54) is 16.0 Å². The number of aromatic nitrogens is 1. The van der Waals surface area contributed by atoms with Crippen LogP contribution in [0.1, 0.15) is 62.8 Å². The number of thiazole rings is 1. The highest BCUT2D eigenvalue weighted by atomic mass is 32.1. The maximum absolute atomic E-state index is 13.3. The Morgan fingerprint density at radius 1 is 1.22 bits per heavy atom. The molecule has 0 saturated carbocycles. The molecule has 8 heteroatoms. The number of aliphatic hydroxyl groups is 1. The number of nitrogens with zero attached hydrogens (tertiary/aromatic N) is 3. The third-order valence-corrected chi connectivity index (χ3v) is 9.00. The van der Waals surface area contributed by atoms with E-state index in [9.17, 15) is 14.7 Å². The molecule has 2 aliphatic rings. The molecule has 2 aliphatic heterocycles. The summed E-state index contributed by atoms with van der Waals surface area (Å²) in [5, 5.41) is 13.4. The van der Waals surface area contributed by atoms with E-state index in [0.29, 0.717) is 12.5 Å². The molecule has 7 nitrogen and oxygen atoms in total. The van der Waals surface area contributed by atoms with Gasteiger partial charge in [0.15, 0.2) is 0 Å². The van der Waals surface area contributed by atoms with Gasteiger partial charge in [-0.05, 0) is 74.5 Å². The van der Waals surface area contributed by atoms with Crippen LogP contribution in [0.2, 0.25) is 0 Å². The summed E-state index contributed by atoms with van der Waals surface area (Å²) in [6, 6.07) is 5.92. The summed E-state index contributed by atoms with van der Waals surface area (Å²) in [4.78, 5) is 35.8. The number of piperidine rings is 1. The first-order chi connectivity index (χ1) is 17.2. The van der Waals surface area contributed by atoms with Gasteiger partial charge in [0.1, 0.15) is 6.04 Å². The molecule has 2 amide bonds. The fourth-order valence-electron chi connectivity index (χ4n) is 5.33. The molecule has 1 aromatic carbocycles. The van der Waals surface area contributed by atoms with Gasteiger partial charge in [-0.15, -0.1) is 11.3 Å². The van der Waals surface area contributed by atoms with Crippen LogP contribution in [0.15, 0.2) is 23.7 Å². The van der Waals surface area contributed by atoms with E-state index in [1.807, 2.05) is 33.2 Å². The second-order valence-electron chi connectivity index (χ2n) is 10.9. The molecule has 0 bridgehead atoms. The third-order valence-electron chi connectivity index (χ3n) is 8.02. The Morgan fingerprint density at radius 2 is 1.94 bits per heavy atom. The molecule has 4 rings (SSSR count). The van der Waals surface area contributed by atoms with E-state index in [4.69, 9.17) is 0 Å². The first-order valence-corrected chi connectivity index (χ1v) is 14.0. The molecule has 0 spiro atoms. The van der Waals surface area contributed by atoms with Gasteiger partial charge in [-0.3, -0.25) is 9.59 Å². The topological polar surface area (TPSA) is 85.8 Å². The lowest BCUT2D eigenvalue weighted by molar-refractivity contribution is -0.142. The minimum Gasteiger partial charge on any atom is -0.391 e. The van der Waals surface area contributed by atoms with Gasteiger partial charge < -0.3 is 20.2 Å². The molecule has 2 saturated heterocycles. The molecule has 2 fully saturated rings. The number of hydrogen-bond donors (Lipinski definition) is 2. The van der Waals surface area contributed by atoms with E-state index in [0.717, 1.165) is 37.2 Å². The SMILES string of the molecule is Cc1ncsc1-c1ccc(CNC(=O)C2CC(O)CN2C(=O)C(C)C(C)C)c(C2CCN(C)CC2)c1. The van der Waals surface area contributed by atoms with E-state index < -0.39 is 12.1 Å². The van der Waals surface area contributed by atoms with Crippen LogP contribution in [0, 0.1) is 18.8 Å². The molecular weight excluding hydrogens is 472 g/mol. The van der Waals surface area contributed by atoms with Crippen LogP contribution in [-0.2, 0) is 16.1 Å². The minimum absolute atomic E-state index is 0.0574. The second kappa shape index (κ2) is 11.4. The third kappa shape index (κ3) is 5.82. The van der Waals surface area contributed by atoms with Crippen molar-refractivity contribution in [3.8, 4) is 10.4 Å². The summed E-state index contributed by atoms with van der Waals surface area (Å²) in [6.45, 7) is 10.7. The standard InChI is InChI=1S/C28H40N4O3S/c1-17(2)18(3)28(35)32-15-23(33)13-25(32)27(34)29-14-22-7-6-21(26-19(4)30-16-36-26)12-24(22)20-8-10-31(5)11-9-20/h6-7,12,16-18,20,23,25,33H,8-11,13-15H2,1-5H3,(H,29,34). The molecule has 196 valence electrons. The molecule has 3 atom stereocenters. The summed E-state index contributed by atoms with van der Waals surface area (Å²) in [5.41, 5.74) is 6.52. The van der Waals surface area contributed by atoms with Crippen LogP contribution in [0.25, 0.3) is 10.4 Å². The van der Waals surface area contributed by atoms with Crippen LogP contribution >= 0.6 is 11.3 Å². The van der Waals surface area contributed by atoms with Crippen molar-refractivity contribution in [2.24, 2.45) is 11.8 Å². The molecule has 2 N–H and O–H groups in total. The highest BCUT2D eigenvalue weighted by molar-refractivity contribution is 7.13. The zero-order valence-corrected chi connectivity index (χ0v) is 23.0. The average molecular weight is 513 g/mol. The number of aryl methyl sites for hydroxylation is 1. The van der Waals surface area contributed by atoms with Crippen molar-refractivity contribution >= 4 is 23.2 Å². The van der Waals surface area contributed by atoms with Crippen molar-refractivity contribution in [3.05, 3.63) is 40.5 Å². The van der Waals surface area contributed by atoms with Gasteiger partial charge in [-0.1, -0.05) is 32.9 Å². The van der Waals surface area contributed by atoms with Crippen molar-refractivity contribution < 1.29 is 14.7 Å². The smallest absolute Gasteiger partial charge is 0.243 e. The van der Waals surface area contributed by atoms with E-state index in [-0.39, 0.29) is 36.6 Å². The number of benzene rings is 1. The maximum Gasteiger partial charge on any atom is 0.243 e.